The third-order valence-electron chi connectivity index (χ3n) is 2.74. The minimum Gasteiger partial charge on any atom is -0.0847 e. The van der Waals surface area contributed by atoms with Crippen molar-refractivity contribution in [2.45, 2.75) is 44.9 Å². The van der Waals surface area contributed by atoms with Gasteiger partial charge in [0, 0.05) is 0 Å². The number of hydrogen-bond donors (Lipinski definition) is 0. The van der Waals surface area contributed by atoms with Crippen molar-refractivity contribution >= 4 is 0 Å². The van der Waals surface area contributed by atoms with Crippen LogP contribution in [0.4, 0.5) is 0 Å². The minimum atomic E-state index is 1.26. The first-order chi connectivity index (χ1) is 5.45. The summed E-state index contributed by atoms with van der Waals surface area (Å²) in [7, 11) is 0. The van der Waals surface area contributed by atoms with Crippen molar-refractivity contribution in [3.05, 3.63) is 23.3 Å². The summed E-state index contributed by atoms with van der Waals surface area (Å²) in [5, 5.41) is 0. The molecule has 2 aliphatic rings. The van der Waals surface area contributed by atoms with Crippen LogP contribution in [0.3, 0.4) is 0 Å². The molecule has 0 N–H and O–H groups in total. The Morgan fingerprint density at radius 2 is 1.91 bits per heavy atom. The van der Waals surface area contributed by atoms with Crippen LogP contribution in [0.2, 0.25) is 0 Å². The molecule has 0 spiro atoms. The van der Waals surface area contributed by atoms with Crippen molar-refractivity contribution < 1.29 is 0 Å². The lowest BCUT2D eigenvalue weighted by Crippen LogP contribution is -1.78. The van der Waals surface area contributed by atoms with E-state index in [-0.39, 0.29) is 0 Å². The number of hydrogen-bond acceptors (Lipinski definition) is 0. The van der Waals surface area contributed by atoms with Gasteiger partial charge in [0.25, 0.3) is 0 Å². The molecule has 0 atom stereocenters. The van der Waals surface area contributed by atoms with Crippen molar-refractivity contribution in [1.82, 2.24) is 0 Å². The fourth-order valence-corrected chi connectivity index (χ4v) is 2.04. The van der Waals surface area contributed by atoms with Crippen LogP contribution in [0.5, 0.6) is 0 Å². The van der Waals surface area contributed by atoms with Gasteiger partial charge in [-0.3, -0.25) is 0 Å². The molecular formula is C11H16. The zero-order chi connectivity index (χ0) is 7.52. The molecule has 0 radical (unpaired) electrons. The molecule has 0 amide bonds. The zero-order valence-corrected chi connectivity index (χ0v) is 7.10. The molecule has 2 aliphatic carbocycles. The first kappa shape index (κ1) is 7.15. The predicted molar refractivity (Wildman–Crippen MR) is 48.5 cm³/mol. The molecule has 2 rings (SSSR count). The lowest BCUT2D eigenvalue weighted by atomic mass is 10.1. The van der Waals surface area contributed by atoms with Crippen LogP contribution in [-0.4, -0.2) is 0 Å². The minimum absolute atomic E-state index is 1.26. The summed E-state index contributed by atoms with van der Waals surface area (Å²) in [5.41, 5.74) is 3.39. The second-order valence-corrected chi connectivity index (χ2v) is 3.70. The molecule has 0 unspecified atom stereocenters. The van der Waals surface area contributed by atoms with Crippen LogP contribution in [0.15, 0.2) is 23.3 Å². The van der Waals surface area contributed by atoms with Crippen molar-refractivity contribution in [2.75, 3.05) is 0 Å². The molecule has 0 heteroatoms. The van der Waals surface area contributed by atoms with Crippen molar-refractivity contribution in [3.8, 4) is 0 Å². The molecule has 0 aromatic carbocycles. The highest BCUT2D eigenvalue weighted by molar-refractivity contribution is 5.26. The summed E-state index contributed by atoms with van der Waals surface area (Å²) >= 11 is 0. The van der Waals surface area contributed by atoms with Crippen LogP contribution >= 0.6 is 0 Å². The van der Waals surface area contributed by atoms with Crippen molar-refractivity contribution in [3.63, 3.8) is 0 Å². The SMILES string of the molecule is C1=C2CC=C(CCCCC1)C2. The molecule has 0 nitrogen and oxygen atoms in total. The molecule has 0 saturated heterocycles. The summed E-state index contributed by atoms with van der Waals surface area (Å²) in [5.74, 6) is 0. The Balaban J connectivity index is 2.06. The van der Waals surface area contributed by atoms with Crippen molar-refractivity contribution in [1.29, 1.82) is 0 Å². The van der Waals surface area contributed by atoms with E-state index in [1.54, 1.807) is 11.1 Å². The van der Waals surface area contributed by atoms with Gasteiger partial charge in [0.05, 0.1) is 0 Å². The van der Waals surface area contributed by atoms with Gasteiger partial charge < -0.3 is 0 Å². The van der Waals surface area contributed by atoms with Gasteiger partial charge in [0.1, 0.15) is 0 Å². The fourth-order valence-electron chi connectivity index (χ4n) is 2.04. The maximum atomic E-state index is 2.47. The van der Waals surface area contributed by atoms with E-state index in [2.05, 4.69) is 12.2 Å². The highest BCUT2D eigenvalue weighted by Gasteiger charge is 2.10. The summed E-state index contributed by atoms with van der Waals surface area (Å²) in [6.45, 7) is 0. The van der Waals surface area contributed by atoms with Crippen LogP contribution in [-0.2, 0) is 0 Å². The first-order valence-corrected chi connectivity index (χ1v) is 4.81. The zero-order valence-electron chi connectivity index (χ0n) is 7.10. The van der Waals surface area contributed by atoms with Crippen LogP contribution < -0.4 is 0 Å². The average molecular weight is 148 g/mol. The smallest absolute Gasteiger partial charge is 0.0105 e. The molecule has 2 bridgehead atoms. The van der Waals surface area contributed by atoms with Gasteiger partial charge in [-0.15, -0.1) is 0 Å². The quantitative estimate of drug-likeness (QED) is 0.460. The van der Waals surface area contributed by atoms with Gasteiger partial charge in [-0.1, -0.05) is 29.7 Å². The third kappa shape index (κ3) is 1.74. The Hall–Kier alpha value is -0.520. The van der Waals surface area contributed by atoms with E-state index >= 15 is 0 Å². The monoisotopic (exact) mass is 148 g/mol. The van der Waals surface area contributed by atoms with E-state index < -0.39 is 0 Å². The number of rotatable bonds is 0. The molecule has 60 valence electrons. The first-order valence-electron chi connectivity index (χ1n) is 4.81. The molecule has 0 heterocycles. The van der Waals surface area contributed by atoms with Crippen LogP contribution in [0, 0.1) is 0 Å². The Labute approximate surface area is 69.0 Å². The van der Waals surface area contributed by atoms with Gasteiger partial charge in [0.2, 0.25) is 0 Å². The number of allylic oxidation sites excluding steroid dienone is 4. The highest BCUT2D eigenvalue weighted by Crippen LogP contribution is 2.29. The lowest BCUT2D eigenvalue weighted by molar-refractivity contribution is 0.686. The van der Waals surface area contributed by atoms with E-state index in [4.69, 9.17) is 0 Å². The maximum absolute atomic E-state index is 2.47. The van der Waals surface area contributed by atoms with E-state index in [0.717, 1.165) is 0 Å². The standard InChI is InChI=1S/C11H16/c1-2-4-6-11-8-7-10(9-11)5-3-1/h5,8H,1-4,6-7,9H2. The predicted octanol–water partition coefficient (Wildman–Crippen LogP) is 3.60. The summed E-state index contributed by atoms with van der Waals surface area (Å²) in [6.07, 6.45) is 14.4. The highest BCUT2D eigenvalue weighted by atomic mass is 14.2. The van der Waals surface area contributed by atoms with Gasteiger partial charge in [0.15, 0.2) is 0 Å². The Morgan fingerprint density at radius 3 is 2.91 bits per heavy atom. The third-order valence-corrected chi connectivity index (χ3v) is 2.74. The van der Waals surface area contributed by atoms with Gasteiger partial charge in [-0.05, 0) is 38.5 Å². The molecular weight excluding hydrogens is 132 g/mol. The summed E-state index contributed by atoms with van der Waals surface area (Å²) in [6, 6.07) is 0. The lowest BCUT2D eigenvalue weighted by Gasteiger charge is -1.98. The largest absolute Gasteiger partial charge is 0.0847 e. The summed E-state index contributed by atoms with van der Waals surface area (Å²) < 4.78 is 0. The molecule has 0 aromatic heterocycles. The second-order valence-electron chi connectivity index (χ2n) is 3.70. The second kappa shape index (κ2) is 3.25. The van der Waals surface area contributed by atoms with E-state index in [1.807, 2.05) is 0 Å². The molecule has 0 saturated carbocycles. The van der Waals surface area contributed by atoms with E-state index in [0.29, 0.717) is 0 Å². The normalized spacial score (nSPS) is 24.7. The van der Waals surface area contributed by atoms with Gasteiger partial charge >= 0.3 is 0 Å². The molecule has 11 heavy (non-hydrogen) atoms. The Kier molecular flexibility index (Phi) is 2.11. The molecule has 0 fully saturated rings. The maximum Gasteiger partial charge on any atom is -0.0105 e. The van der Waals surface area contributed by atoms with E-state index in [9.17, 15) is 0 Å². The average Bonchev–Trinajstić information content (AvgIpc) is 2.49. The Bertz CT molecular complexity index is 196. The van der Waals surface area contributed by atoms with Gasteiger partial charge in [-0.2, -0.15) is 0 Å². The van der Waals surface area contributed by atoms with Gasteiger partial charge in [-0.25, -0.2) is 0 Å². The summed E-state index contributed by atoms with van der Waals surface area (Å²) in [4.78, 5) is 0. The Morgan fingerprint density at radius 1 is 0.909 bits per heavy atom. The topological polar surface area (TPSA) is 0 Å². The molecule has 0 aromatic rings. The number of fused-ring (bicyclic) bond motifs is 2. The molecule has 0 aliphatic heterocycles. The van der Waals surface area contributed by atoms with Crippen LogP contribution in [0.25, 0.3) is 0 Å². The fraction of sp³-hybridized carbons (Fsp3) is 0.636. The van der Waals surface area contributed by atoms with Crippen molar-refractivity contribution in [2.24, 2.45) is 0 Å². The van der Waals surface area contributed by atoms with E-state index in [1.165, 1.54) is 44.9 Å². The van der Waals surface area contributed by atoms with Crippen LogP contribution in [0.1, 0.15) is 44.9 Å².